The number of nitrogens with two attached hydrogens (primary N) is 1. The molecule has 21 heavy (non-hydrogen) atoms. The number of carbonyl (C=O) groups excluding carboxylic acids is 1. The summed E-state index contributed by atoms with van der Waals surface area (Å²) in [5, 5.41) is 16.6. The first kappa shape index (κ1) is 14.8. The average molecular weight is 285 g/mol. The highest BCUT2D eigenvalue weighted by Gasteiger charge is 2.21. The van der Waals surface area contributed by atoms with Gasteiger partial charge in [-0.2, -0.15) is 0 Å². The Hall–Kier alpha value is -2.56. The standard InChI is InChI=1S/C16H19N3O2/c1-10(2)14(15(17)19-21)18-16(20)13-8-7-11-5-3-4-6-12(11)9-13/h3-10,14,21H,1-2H3,(H2,17,19)(H,18,20). The lowest BCUT2D eigenvalue weighted by Gasteiger charge is -2.21. The molecule has 0 aromatic heterocycles. The molecule has 1 atom stereocenters. The van der Waals surface area contributed by atoms with E-state index in [1.165, 1.54) is 0 Å². The third kappa shape index (κ3) is 3.31. The molecule has 1 unspecified atom stereocenters. The van der Waals surface area contributed by atoms with Crippen molar-refractivity contribution in [2.45, 2.75) is 19.9 Å². The van der Waals surface area contributed by atoms with E-state index in [4.69, 9.17) is 10.9 Å². The van der Waals surface area contributed by atoms with Gasteiger partial charge in [0.1, 0.15) is 0 Å². The van der Waals surface area contributed by atoms with Crippen LogP contribution in [-0.2, 0) is 0 Å². The van der Waals surface area contributed by atoms with E-state index in [2.05, 4.69) is 10.5 Å². The number of fused-ring (bicyclic) bond motifs is 1. The summed E-state index contributed by atoms with van der Waals surface area (Å²) in [5.74, 6) is -0.226. The number of oxime groups is 1. The van der Waals surface area contributed by atoms with Crippen molar-refractivity contribution in [2.75, 3.05) is 0 Å². The number of benzene rings is 2. The van der Waals surface area contributed by atoms with Gasteiger partial charge < -0.3 is 16.3 Å². The fourth-order valence-corrected chi connectivity index (χ4v) is 2.20. The van der Waals surface area contributed by atoms with Gasteiger partial charge in [0.05, 0.1) is 6.04 Å². The molecule has 2 rings (SSSR count). The van der Waals surface area contributed by atoms with Gasteiger partial charge in [-0.05, 0) is 28.8 Å². The number of nitrogens with one attached hydrogen (secondary N) is 1. The number of hydrogen-bond acceptors (Lipinski definition) is 3. The number of amides is 1. The minimum Gasteiger partial charge on any atom is -0.409 e. The molecule has 0 radical (unpaired) electrons. The summed E-state index contributed by atoms with van der Waals surface area (Å²) in [6, 6.07) is 12.8. The van der Waals surface area contributed by atoms with Crippen LogP contribution in [0.2, 0.25) is 0 Å². The Balaban J connectivity index is 2.25. The highest BCUT2D eigenvalue weighted by atomic mass is 16.4. The highest BCUT2D eigenvalue weighted by molar-refractivity contribution is 6.01. The van der Waals surface area contributed by atoms with Crippen LogP contribution in [0.4, 0.5) is 0 Å². The van der Waals surface area contributed by atoms with Crippen LogP contribution in [-0.4, -0.2) is 23.0 Å². The third-order valence-electron chi connectivity index (χ3n) is 3.40. The maximum absolute atomic E-state index is 12.3. The summed E-state index contributed by atoms with van der Waals surface area (Å²) in [7, 11) is 0. The van der Waals surface area contributed by atoms with Gasteiger partial charge in [-0.3, -0.25) is 4.79 Å². The van der Waals surface area contributed by atoms with Crippen LogP contribution in [0.5, 0.6) is 0 Å². The molecule has 0 aliphatic carbocycles. The molecule has 0 fully saturated rings. The Kier molecular flexibility index (Phi) is 4.42. The van der Waals surface area contributed by atoms with E-state index >= 15 is 0 Å². The molecule has 110 valence electrons. The van der Waals surface area contributed by atoms with Crippen molar-refractivity contribution in [3.8, 4) is 0 Å². The predicted octanol–water partition coefficient (Wildman–Crippen LogP) is 2.34. The lowest BCUT2D eigenvalue weighted by Crippen LogP contribution is -2.47. The Morgan fingerprint density at radius 1 is 1.19 bits per heavy atom. The molecule has 0 heterocycles. The molecule has 0 aliphatic rings. The predicted molar refractivity (Wildman–Crippen MR) is 83.4 cm³/mol. The first-order valence-corrected chi connectivity index (χ1v) is 6.80. The summed E-state index contributed by atoms with van der Waals surface area (Å²) in [4.78, 5) is 12.3. The molecule has 0 saturated carbocycles. The van der Waals surface area contributed by atoms with E-state index in [-0.39, 0.29) is 17.7 Å². The molecule has 0 bridgehead atoms. The second kappa shape index (κ2) is 6.26. The van der Waals surface area contributed by atoms with E-state index in [9.17, 15) is 4.79 Å². The minimum atomic E-state index is -0.506. The second-order valence-electron chi connectivity index (χ2n) is 5.28. The lowest BCUT2D eigenvalue weighted by molar-refractivity contribution is 0.0939. The zero-order valence-corrected chi connectivity index (χ0v) is 12.1. The largest absolute Gasteiger partial charge is 0.409 e. The summed E-state index contributed by atoms with van der Waals surface area (Å²) in [6.45, 7) is 3.78. The number of rotatable bonds is 4. The van der Waals surface area contributed by atoms with Crippen LogP contribution in [0.15, 0.2) is 47.6 Å². The SMILES string of the molecule is CC(C)C(NC(=O)c1ccc2ccccc2c1)C(N)=NO. The van der Waals surface area contributed by atoms with Crippen molar-refractivity contribution >= 4 is 22.5 Å². The zero-order valence-electron chi connectivity index (χ0n) is 12.1. The highest BCUT2D eigenvalue weighted by Crippen LogP contribution is 2.16. The third-order valence-corrected chi connectivity index (χ3v) is 3.40. The Bertz CT molecular complexity index is 680. The van der Waals surface area contributed by atoms with Gasteiger partial charge in [0, 0.05) is 5.56 Å². The minimum absolute atomic E-state index is 0.000797. The molecular formula is C16H19N3O2. The quantitative estimate of drug-likeness (QED) is 0.349. The fraction of sp³-hybridized carbons (Fsp3) is 0.250. The van der Waals surface area contributed by atoms with Crippen molar-refractivity contribution < 1.29 is 10.0 Å². The van der Waals surface area contributed by atoms with Crippen LogP contribution in [0.3, 0.4) is 0 Å². The Morgan fingerprint density at radius 3 is 2.48 bits per heavy atom. The molecule has 1 amide bonds. The Labute approximate surface area is 123 Å². The molecule has 2 aromatic rings. The summed E-state index contributed by atoms with van der Waals surface area (Å²) >= 11 is 0. The van der Waals surface area contributed by atoms with Crippen LogP contribution in [0.25, 0.3) is 10.8 Å². The summed E-state index contributed by atoms with van der Waals surface area (Å²) < 4.78 is 0. The monoisotopic (exact) mass is 285 g/mol. The van der Waals surface area contributed by atoms with Crippen molar-refractivity contribution in [3.63, 3.8) is 0 Å². The van der Waals surface area contributed by atoms with Gasteiger partial charge >= 0.3 is 0 Å². The van der Waals surface area contributed by atoms with Gasteiger partial charge in [-0.15, -0.1) is 0 Å². The molecular weight excluding hydrogens is 266 g/mol. The number of nitrogens with zero attached hydrogens (tertiary/aromatic N) is 1. The average Bonchev–Trinajstić information content (AvgIpc) is 2.50. The number of carbonyl (C=O) groups is 1. The van der Waals surface area contributed by atoms with E-state index in [1.807, 2.05) is 50.2 Å². The van der Waals surface area contributed by atoms with Gasteiger partial charge in [0.2, 0.25) is 0 Å². The first-order chi connectivity index (χ1) is 10.0. The first-order valence-electron chi connectivity index (χ1n) is 6.80. The normalized spacial score (nSPS) is 13.4. The molecule has 0 aliphatic heterocycles. The maximum atomic E-state index is 12.3. The summed E-state index contributed by atoms with van der Waals surface area (Å²) in [5.41, 5.74) is 6.17. The van der Waals surface area contributed by atoms with E-state index < -0.39 is 6.04 Å². The molecule has 4 N–H and O–H groups in total. The summed E-state index contributed by atoms with van der Waals surface area (Å²) in [6.07, 6.45) is 0. The number of amidine groups is 1. The van der Waals surface area contributed by atoms with Crippen LogP contribution >= 0.6 is 0 Å². The van der Waals surface area contributed by atoms with Crippen molar-refractivity contribution in [2.24, 2.45) is 16.8 Å². The van der Waals surface area contributed by atoms with Crippen molar-refractivity contribution in [1.82, 2.24) is 5.32 Å². The smallest absolute Gasteiger partial charge is 0.251 e. The maximum Gasteiger partial charge on any atom is 0.251 e. The molecule has 5 nitrogen and oxygen atoms in total. The van der Waals surface area contributed by atoms with Crippen molar-refractivity contribution in [1.29, 1.82) is 0 Å². The van der Waals surface area contributed by atoms with E-state index in [1.54, 1.807) is 6.07 Å². The van der Waals surface area contributed by atoms with Gasteiger partial charge in [-0.1, -0.05) is 49.3 Å². The van der Waals surface area contributed by atoms with Crippen LogP contribution < -0.4 is 11.1 Å². The zero-order chi connectivity index (χ0) is 15.4. The molecule has 2 aromatic carbocycles. The topological polar surface area (TPSA) is 87.7 Å². The van der Waals surface area contributed by atoms with E-state index in [0.29, 0.717) is 5.56 Å². The molecule has 5 heteroatoms. The lowest BCUT2D eigenvalue weighted by atomic mass is 10.0. The fourth-order valence-electron chi connectivity index (χ4n) is 2.20. The van der Waals surface area contributed by atoms with Crippen molar-refractivity contribution in [3.05, 3.63) is 48.0 Å². The second-order valence-corrected chi connectivity index (χ2v) is 5.28. The van der Waals surface area contributed by atoms with Gasteiger partial charge in [0.25, 0.3) is 5.91 Å². The van der Waals surface area contributed by atoms with Gasteiger partial charge in [-0.25, -0.2) is 0 Å². The molecule has 0 saturated heterocycles. The van der Waals surface area contributed by atoms with Gasteiger partial charge in [0.15, 0.2) is 5.84 Å². The molecule has 0 spiro atoms. The Morgan fingerprint density at radius 2 is 1.86 bits per heavy atom. The number of hydrogen-bond donors (Lipinski definition) is 3. The van der Waals surface area contributed by atoms with Crippen LogP contribution in [0, 0.1) is 5.92 Å². The van der Waals surface area contributed by atoms with E-state index in [0.717, 1.165) is 10.8 Å². The van der Waals surface area contributed by atoms with Crippen LogP contribution in [0.1, 0.15) is 24.2 Å².